The van der Waals surface area contributed by atoms with E-state index in [0.717, 1.165) is 18.4 Å². The van der Waals surface area contributed by atoms with E-state index in [1.165, 1.54) is 0 Å². The number of rotatable bonds is 6. The van der Waals surface area contributed by atoms with Crippen LogP contribution in [0.2, 0.25) is 5.02 Å². The van der Waals surface area contributed by atoms with Gasteiger partial charge in [0.1, 0.15) is 0 Å². The normalized spacial score (nSPS) is 23.0. The number of fused-ring (bicyclic) bond motifs is 4. The molecule has 2 atom stereocenters. The molecule has 1 aromatic carbocycles. The lowest BCUT2D eigenvalue weighted by molar-refractivity contribution is -0.140. The second kappa shape index (κ2) is 8.19. The molecule has 1 aromatic rings. The minimum atomic E-state index is -0.0641. The fourth-order valence-corrected chi connectivity index (χ4v) is 4.04. The van der Waals surface area contributed by atoms with Gasteiger partial charge in [-0.05, 0) is 37.0 Å². The van der Waals surface area contributed by atoms with Crippen LogP contribution in [0.5, 0.6) is 0 Å². The van der Waals surface area contributed by atoms with Crippen LogP contribution in [-0.4, -0.2) is 61.0 Å². The number of piperidine rings is 1. The summed E-state index contributed by atoms with van der Waals surface area (Å²) in [5, 5.41) is 0.692. The summed E-state index contributed by atoms with van der Waals surface area (Å²) < 4.78 is 5.13. The fourth-order valence-electron chi connectivity index (χ4n) is 3.83. The molecule has 3 aliphatic rings. The number of nitrogens with zero attached hydrogens (tertiary/aromatic N) is 2. The summed E-state index contributed by atoms with van der Waals surface area (Å²) in [6.07, 6.45) is 2.97. The summed E-state index contributed by atoms with van der Waals surface area (Å²) >= 11 is 6.00. The van der Waals surface area contributed by atoms with Crippen molar-refractivity contribution in [2.45, 2.75) is 31.7 Å². The van der Waals surface area contributed by atoms with Crippen LogP contribution < -0.4 is 0 Å². The molecule has 5 nitrogen and oxygen atoms in total. The maximum atomic E-state index is 12.7. The topological polar surface area (TPSA) is 49.9 Å². The van der Waals surface area contributed by atoms with E-state index in [1.807, 2.05) is 34.1 Å². The number of carbonyl (C=O) groups excluding carboxylic acids is 2. The van der Waals surface area contributed by atoms with Crippen LogP contribution in [-0.2, 0) is 20.7 Å². The molecule has 3 aliphatic heterocycles. The molecule has 0 spiro atoms. The van der Waals surface area contributed by atoms with Crippen molar-refractivity contribution < 1.29 is 14.3 Å². The number of hydrogen-bond acceptors (Lipinski definition) is 3. The van der Waals surface area contributed by atoms with Crippen LogP contribution in [0.4, 0.5) is 0 Å². The molecule has 4 rings (SSSR count). The van der Waals surface area contributed by atoms with Crippen LogP contribution >= 0.6 is 11.6 Å². The molecule has 0 aliphatic carbocycles. The molecule has 0 aromatic heterocycles. The zero-order valence-electron chi connectivity index (χ0n) is 14.6. The van der Waals surface area contributed by atoms with Gasteiger partial charge in [0.25, 0.3) is 0 Å². The molecule has 25 heavy (non-hydrogen) atoms. The van der Waals surface area contributed by atoms with Gasteiger partial charge >= 0.3 is 0 Å². The van der Waals surface area contributed by atoms with E-state index in [2.05, 4.69) is 0 Å². The average Bonchev–Trinajstić information content (AvgIpc) is 2.89. The maximum absolute atomic E-state index is 12.7. The second-order valence-electron chi connectivity index (χ2n) is 6.88. The Morgan fingerprint density at radius 2 is 2.16 bits per heavy atom. The molecule has 3 heterocycles. The number of amides is 2. The van der Waals surface area contributed by atoms with Crippen molar-refractivity contribution in [2.24, 2.45) is 5.92 Å². The highest BCUT2D eigenvalue weighted by Gasteiger charge is 2.41. The Balaban J connectivity index is 1.61. The van der Waals surface area contributed by atoms with Gasteiger partial charge in [0.15, 0.2) is 0 Å². The van der Waals surface area contributed by atoms with Crippen molar-refractivity contribution in [1.82, 2.24) is 9.80 Å². The van der Waals surface area contributed by atoms with Gasteiger partial charge in [-0.1, -0.05) is 23.7 Å². The molecule has 3 saturated heterocycles. The lowest BCUT2D eigenvalue weighted by Crippen LogP contribution is -2.49. The van der Waals surface area contributed by atoms with Crippen LogP contribution in [0.25, 0.3) is 0 Å². The Morgan fingerprint density at radius 1 is 1.32 bits per heavy atom. The van der Waals surface area contributed by atoms with Crippen molar-refractivity contribution >= 4 is 23.4 Å². The fraction of sp³-hybridized carbons (Fsp3) is 0.579. The number of aryl methyl sites for hydroxylation is 1. The molecule has 6 heteroatoms. The molecule has 136 valence electrons. The molecular weight excluding hydrogens is 340 g/mol. The predicted molar refractivity (Wildman–Crippen MR) is 96.5 cm³/mol. The van der Waals surface area contributed by atoms with Gasteiger partial charge in [0.2, 0.25) is 11.8 Å². The van der Waals surface area contributed by atoms with E-state index < -0.39 is 0 Å². The molecule has 2 amide bonds. The van der Waals surface area contributed by atoms with Crippen LogP contribution in [0, 0.1) is 5.92 Å². The van der Waals surface area contributed by atoms with Crippen LogP contribution in [0.1, 0.15) is 24.8 Å². The molecule has 2 bridgehead atoms. The summed E-state index contributed by atoms with van der Waals surface area (Å²) in [5.41, 5.74) is 1.07. The maximum Gasteiger partial charge on any atom is 0.227 e. The lowest BCUT2D eigenvalue weighted by Gasteiger charge is -2.35. The number of benzene rings is 1. The Morgan fingerprint density at radius 3 is 2.92 bits per heavy atom. The summed E-state index contributed by atoms with van der Waals surface area (Å²) in [5.74, 6) is 0.238. The smallest absolute Gasteiger partial charge is 0.227 e. The van der Waals surface area contributed by atoms with Gasteiger partial charge in [-0.25, -0.2) is 0 Å². The monoisotopic (exact) mass is 364 g/mol. The molecule has 0 saturated carbocycles. The Labute approximate surface area is 153 Å². The Kier molecular flexibility index (Phi) is 5.97. The number of halogens is 1. The first-order valence-electron chi connectivity index (χ1n) is 8.90. The van der Waals surface area contributed by atoms with Gasteiger partial charge in [0.05, 0.1) is 12.5 Å². The van der Waals surface area contributed by atoms with Gasteiger partial charge in [-0.15, -0.1) is 0 Å². The molecule has 0 unspecified atom stereocenters. The molecule has 0 N–H and O–H groups in total. The van der Waals surface area contributed by atoms with Crippen molar-refractivity contribution in [3.05, 3.63) is 34.9 Å². The third kappa shape index (κ3) is 4.33. The van der Waals surface area contributed by atoms with E-state index in [-0.39, 0.29) is 23.8 Å². The minimum absolute atomic E-state index is 0.0641. The Hall–Kier alpha value is -1.59. The van der Waals surface area contributed by atoms with Gasteiger partial charge in [-0.3, -0.25) is 9.59 Å². The number of carbonyl (C=O) groups is 2. The van der Waals surface area contributed by atoms with Crippen LogP contribution in [0.3, 0.4) is 0 Å². The SMILES string of the molecule is COCCN1C(=O)[C@H]2CC[C@@H]1CN(C(=O)CCc1cccc(Cl)c1)C2. The second-order valence-corrected chi connectivity index (χ2v) is 7.32. The van der Waals surface area contributed by atoms with E-state index in [9.17, 15) is 9.59 Å². The molecule has 3 fully saturated rings. The zero-order chi connectivity index (χ0) is 17.8. The molecule has 0 radical (unpaired) electrons. The van der Waals surface area contributed by atoms with Crippen molar-refractivity contribution in [2.75, 3.05) is 33.4 Å². The minimum Gasteiger partial charge on any atom is -0.383 e. The van der Waals surface area contributed by atoms with Gasteiger partial charge in [-0.2, -0.15) is 0 Å². The first kappa shape index (κ1) is 18.2. The van der Waals surface area contributed by atoms with Crippen molar-refractivity contribution in [1.29, 1.82) is 0 Å². The van der Waals surface area contributed by atoms with Crippen LogP contribution in [0.15, 0.2) is 24.3 Å². The van der Waals surface area contributed by atoms with E-state index in [0.29, 0.717) is 44.1 Å². The first-order valence-corrected chi connectivity index (χ1v) is 9.28. The Bertz CT molecular complexity index is 637. The average molecular weight is 365 g/mol. The summed E-state index contributed by atoms with van der Waals surface area (Å²) in [6, 6.07) is 7.75. The van der Waals surface area contributed by atoms with Crippen molar-refractivity contribution in [3.63, 3.8) is 0 Å². The lowest BCUT2D eigenvalue weighted by atomic mass is 9.94. The predicted octanol–water partition coefficient (Wildman–Crippen LogP) is 2.37. The third-order valence-electron chi connectivity index (χ3n) is 5.20. The third-order valence-corrected chi connectivity index (χ3v) is 5.43. The zero-order valence-corrected chi connectivity index (χ0v) is 15.4. The quantitative estimate of drug-likeness (QED) is 0.778. The van der Waals surface area contributed by atoms with Gasteiger partial charge in [0, 0.05) is 44.2 Å². The summed E-state index contributed by atoms with van der Waals surface area (Å²) in [6.45, 7) is 2.34. The van der Waals surface area contributed by atoms with E-state index in [4.69, 9.17) is 16.3 Å². The van der Waals surface area contributed by atoms with Gasteiger partial charge < -0.3 is 14.5 Å². The van der Waals surface area contributed by atoms with Crippen molar-refractivity contribution in [3.8, 4) is 0 Å². The molecular formula is C19H25ClN2O3. The van der Waals surface area contributed by atoms with E-state index in [1.54, 1.807) is 7.11 Å². The first-order chi connectivity index (χ1) is 12.1. The number of ether oxygens (including phenoxy) is 1. The standard InChI is InChI=1S/C19H25ClN2O3/c1-25-10-9-22-17-7-6-15(19(22)24)12-21(13-17)18(23)8-5-14-3-2-4-16(20)11-14/h2-4,11,15,17H,5-10,12-13H2,1H3/t15-,17+/m0/s1. The summed E-state index contributed by atoms with van der Waals surface area (Å²) in [4.78, 5) is 29.1. The summed E-state index contributed by atoms with van der Waals surface area (Å²) in [7, 11) is 1.65. The largest absolute Gasteiger partial charge is 0.383 e. The number of methoxy groups -OCH3 is 1. The highest BCUT2D eigenvalue weighted by molar-refractivity contribution is 6.30. The number of hydrogen-bond donors (Lipinski definition) is 0. The van der Waals surface area contributed by atoms with E-state index >= 15 is 0 Å². The highest BCUT2D eigenvalue weighted by atomic mass is 35.5. The highest BCUT2D eigenvalue weighted by Crippen LogP contribution is 2.29.